The fraction of sp³-hybridized carbons (Fsp3) is 0.760. The molecule has 0 amide bonds. The molecule has 1 aromatic rings. The number of benzene rings is 1. The molecule has 0 nitrogen and oxygen atoms in total. The Hall–Kier alpha value is -0.850. The maximum Gasteiger partial charge on any atom is 0.126 e. The van der Waals surface area contributed by atoms with Gasteiger partial charge in [-0.05, 0) is 73.0 Å². The van der Waals surface area contributed by atoms with E-state index < -0.39 is 0 Å². The van der Waals surface area contributed by atoms with Crippen molar-refractivity contribution < 1.29 is 4.39 Å². The molecule has 3 aliphatic rings. The molecule has 3 fully saturated rings. The molecule has 0 saturated heterocycles. The largest absolute Gasteiger partial charge is 0.207 e. The summed E-state index contributed by atoms with van der Waals surface area (Å²) in [6.45, 7) is 0. The van der Waals surface area contributed by atoms with Crippen LogP contribution in [0.5, 0.6) is 0 Å². The molecule has 0 N–H and O–H groups in total. The molecule has 1 heteroatoms. The van der Waals surface area contributed by atoms with Crippen LogP contribution in [0.25, 0.3) is 0 Å². The Morgan fingerprint density at radius 2 is 1.31 bits per heavy atom. The highest BCUT2D eigenvalue weighted by Crippen LogP contribution is 2.43. The Balaban J connectivity index is 1.33. The first kappa shape index (κ1) is 18.5. The summed E-state index contributed by atoms with van der Waals surface area (Å²) in [7, 11) is 0. The number of hydrogen-bond donors (Lipinski definition) is 0. The maximum absolute atomic E-state index is 14.8. The van der Waals surface area contributed by atoms with Crippen LogP contribution >= 0.6 is 0 Å². The first-order valence-electron chi connectivity index (χ1n) is 11.6. The Morgan fingerprint density at radius 1 is 0.692 bits per heavy atom. The standard InChI is InChI=1S/C25H37F/c26-25-18-20(17-19-7-3-1-4-8-19)11-16-24(25)23-14-12-22(13-15-23)21-9-5-2-6-10-21/h11,16,18-19,21-23H,1-10,12-15,17H2. The third-order valence-corrected chi connectivity index (χ3v) is 7.84. The van der Waals surface area contributed by atoms with E-state index in [1.54, 1.807) is 0 Å². The Labute approximate surface area is 160 Å². The minimum absolute atomic E-state index is 0.0828. The molecular weight excluding hydrogens is 319 g/mol. The molecule has 144 valence electrons. The molecule has 26 heavy (non-hydrogen) atoms. The lowest BCUT2D eigenvalue weighted by Crippen LogP contribution is -2.23. The molecule has 0 aromatic heterocycles. The van der Waals surface area contributed by atoms with Crippen LogP contribution in [0.2, 0.25) is 0 Å². The van der Waals surface area contributed by atoms with Crippen molar-refractivity contribution in [2.24, 2.45) is 17.8 Å². The summed E-state index contributed by atoms with van der Waals surface area (Å²) in [4.78, 5) is 0. The number of hydrogen-bond acceptors (Lipinski definition) is 0. The van der Waals surface area contributed by atoms with E-state index in [9.17, 15) is 4.39 Å². The zero-order valence-corrected chi connectivity index (χ0v) is 16.5. The molecule has 0 heterocycles. The third kappa shape index (κ3) is 4.52. The van der Waals surface area contributed by atoms with Crippen LogP contribution in [0.1, 0.15) is 107 Å². The summed E-state index contributed by atoms with van der Waals surface area (Å²) in [5.74, 6) is 3.26. The minimum Gasteiger partial charge on any atom is -0.207 e. The van der Waals surface area contributed by atoms with Gasteiger partial charge in [0.25, 0.3) is 0 Å². The van der Waals surface area contributed by atoms with Crippen molar-refractivity contribution in [3.63, 3.8) is 0 Å². The van der Waals surface area contributed by atoms with Crippen molar-refractivity contribution in [1.82, 2.24) is 0 Å². The first-order chi connectivity index (χ1) is 12.8. The van der Waals surface area contributed by atoms with Gasteiger partial charge in [-0.25, -0.2) is 4.39 Å². The molecule has 4 rings (SSSR count). The van der Waals surface area contributed by atoms with E-state index in [1.165, 1.54) is 95.5 Å². The van der Waals surface area contributed by atoms with Crippen LogP contribution in [0.15, 0.2) is 18.2 Å². The average molecular weight is 357 g/mol. The zero-order chi connectivity index (χ0) is 17.8. The number of halogens is 1. The molecule has 0 radical (unpaired) electrons. The summed E-state index contributed by atoms with van der Waals surface area (Å²) < 4.78 is 14.8. The molecule has 3 saturated carbocycles. The topological polar surface area (TPSA) is 0 Å². The van der Waals surface area contributed by atoms with Gasteiger partial charge in [0.05, 0.1) is 0 Å². The lowest BCUT2D eigenvalue weighted by Gasteiger charge is -2.36. The van der Waals surface area contributed by atoms with Crippen LogP contribution in [0, 0.1) is 23.6 Å². The van der Waals surface area contributed by atoms with E-state index in [-0.39, 0.29) is 5.82 Å². The molecule has 0 aliphatic heterocycles. The highest BCUT2D eigenvalue weighted by atomic mass is 19.1. The monoisotopic (exact) mass is 356 g/mol. The lowest BCUT2D eigenvalue weighted by atomic mass is 9.70. The summed E-state index contributed by atoms with van der Waals surface area (Å²) in [6, 6.07) is 6.25. The maximum atomic E-state index is 14.8. The smallest absolute Gasteiger partial charge is 0.126 e. The SMILES string of the molecule is Fc1cc(CC2CCCCC2)ccc1C1CCC(C2CCCCC2)CC1. The molecule has 1 aromatic carbocycles. The fourth-order valence-electron chi connectivity index (χ4n) is 6.26. The summed E-state index contributed by atoms with van der Waals surface area (Å²) in [5, 5.41) is 0. The number of rotatable bonds is 4. The van der Waals surface area contributed by atoms with E-state index in [1.807, 2.05) is 6.07 Å². The summed E-state index contributed by atoms with van der Waals surface area (Å²) >= 11 is 0. The van der Waals surface area contributed by atoms with Crippen LogP contribution in [-0.4, -0.2) is 0 Å². The normalized spacial score (nSPS) is 29.0. The third-order valence-electron chi connectivity index (χ3n) is 7.84. The summed E-state index contributed by atoms with van der Waals surface area (Å²) in [6.07, 6.45) is 20.2. The highest BCUT2D eigenvalue weighted by molar-refractivity contribution is 5.28. The summed E-state index contributed by atoms with van der Waals surface area (Å²) in [5.41, 5.74) is 2.24. The van der Waals surface area contributed by atoms with Gasteiger partial charge < -0.3 is 0 Å². The Bertz CT molecular complexity index is 558. The van der Waals surface area contributed by atoms with Gasteiger partial charge in [0.15, 0.2) is 0 Å². The van der Waals surface area contributed by atoms with Gasteiger partial charge >= 0.3 is 0 Å². The second kappa shape index (κ2) is 8.89. The van der Waals surface area contributed by atoms with E-state index >= 15 is 0 Å². The van der Waals surface area contributed by atoms with Crippen molar-refractivity contribution in [2.45, 2.75) is 102 Å². The Morgan fingerprint density at radius 3 is 1.96 bits per heavy atom. The van der Waals surface area contributed by atoms with Crippen LogP contribution in [-0.2, 0) is 6.42 Å². The predicted molar refractivity (Wildman–Crippen MR) is 108 cm³/mol. The van der Waals surface area contributed by atoms with Crippen molar-refractivity contribution >= 4 is 0 Å². The highest BCUT2D eigenvalue weighted by Gasteiger charge is 2.30. The average Bonchev–Trinajstić information content (AvgIpc) is 2.70. The van der Waals surface area contributed by atoms with Crippen molar-refractivity contribution in [2.75, 3.05) is 0 Å². The van der Waals surface area contributed by atoms with Gasteiger partial charge in [0.1, 0.15) is 5.82 Å². The van der Waals surface area contributed by atoms with E-state index in [4.69, 9.17) is 0 Å². The van der Waals surface area contributed by atoms with E-state index in [0.29, 0.717) is 5.92 Å². The molecule has 0 unspecified atom stereocenters. The van der Waals surface area contributed by atoms with Gasteiger partial charge in [-0.2, -0.15) is 0 Å². The van der Waals surface area contributed by atoms with Gasteiger partial charge in [-0.1, -0.05) is 76.3 Å². The Kier molecular flexibility index (Phi) is 6.33. The van der Waals surface area contributed by atoms with E-state index in [0.717, 1.165) is 29.7 Å². The molecule has 0 spiro atoms. The van der Waals surface area contributed by atoms with Crippen LogP contribution in [0.4, 0.5) is 4.39 Å². The van der Waals surface area contributed by atoms with Crippen LogP contribution in [0.3, 0.4) is 0 Å². The second-order valence-electron chi connectivity index (χ2n) is 9.57. The second-order valence-corrected chi connectivity index (χ2v) is 9.57. The molecule has 0 bridgehead atoms. The predicted octanol–water partition coefficient (Wildman–Crippen LogP) is 7.80. The lowest BCUT2D eigenvalue weighted by molar-refractivity contribution is 0.185. The van der Waals surface area contributed by atoms with Gasteiger partial charge in [-0.15, -0.1) is 0 Å². The van der Waals surface area contributed by atoms with Crippen molar-refractivity contribution in [3.05, 3.63) is 35.1 Å². The fourth-order valence-corrected chi connectivity index (χ4v) is 6.26. The zero-order valence-electron chi connectivity index (χ0n) is 16.5. The molecule has 3 aliphatic carbocycles. The molecular formula is C25H37F. The van der Waals surface area contributed by atoms with Gasteiger partial charge in [0, 0.05) is 0 Å². The van der Waals surface area contributed by atoms with Crippen molar-refractivity contribution in [1.29, 1.82) is 0 Å². The van der Waals surface area contributed by atoms with Crippen molar-refractivity contribution in [3.8, 4) is 0 Å². The minimum atomic E-state index is 0.0828. The van der Waals surface area contributed by atoms with E-state index in [2.05, 4.69) is 12.1 Å². The van der Waals surface area contributed by atoms with Crippen LogP contribution < -0.4 is 0 Å². The van der Waals surface area contributed by atoms with Gasteiger partial charge in [-0.3, -0.25) is 0 Å². The quantitative estimate of drug-likeness (QED) is 0.516. The molecule has 0 atom stereocenters. The van der Waals surface area contributed by atoms with Gasteiger partial charge in [0.2, 0.25) is 0 Å². The first-order valence-corrected chi connectivity index (χ1v) is 11.6.